The average Bonchev–Trinajstić information content (AvgIpc) is 3.27. The normalized spacial score (nSPS) is 11.4. The maximum absolute atomic E-state index is 5.51. The molecule has 0 atom stereocenters. The highest BCUT2D eigenvalue weighted by Gasteiger charge is 2.21. The third kappa shape index (κ3) is 5.67. The zero-order valence-corrected chi connectivity index (χ0v) is 30.8. The third-order valence-corrected chi connectivity index (χ3v) is 10.8. The molecule has 0 unspecified atom stereocenters. The second-order valence-corrected chi connectivity index (χ2v) is 14.1. The molecule has 10 aromatic rings. The van der Waals surface area contributed by atoms with Crippen molar-refractivity contribution in [2.45, 2.75) is 13.8 Å². The molecule has 0 aliphatic rings. The first-order chi connectivity index (χ1) is 27.6. The van der Waals surface area contributed by atoms with Gasteiger partial charge in [-0.05, 0) is 70.5 Å². The highest BCUT2D eigenvalue weighted by Crippen LogP contribution is 2.44. The molecule has 0 radical (unpaired) electrons. The molecule has 0 fully saturated rings. The molecule has 0 N–H and O–H groups in total. The van der Waals surface area contributed by atoms with Crippen LogP contribution in [0, 0.1) is 13.8 Å². The highest BCUT2D eigenvalue weighted by atomic mass is 14.8. The first-order valence-corrected chi connectivity index (χ1v) is 18.7. The van der Waals surface area contributed by atoms with Crippen LogP contribution in [0.25, 0.3) is 99.6 Å². The molecule has 0 spiro atoms. The van der Waals surface area contributed by atoms with E-state index in [0.29, 0.717) is 0 Å². The van der Waals surface area contributed by atoms with Crippen LogP contribution < -0.4 is 0 Å². The Kier molecular flexibility index (Phi) is 8.15. The Balaban J connectivity index is 1.27. The van der Waals surface area contributed by atoms with Crippen LogP contribution in [0.3, 0.4) is 0 Å². The highest BCUT2D eigenvalue weighted by molar-refractivity contribution is 6.20. The molecule has 0 aliphatic heterocycles. The lowest BCUT2D eigenvalue weighted by Crippen LogP contribution is -1.99. The SMILES string of the molecule is Cc1c(-c2ccccc2)nc2c(ccc3c2ccc2c(-c4cccc(-c5cncnc5)c4)c(C)c(-c4ccccc4)nc23)c1-c1cccc(-c2cncnc2)c1. The van der Waals surface area contributed by atoms with Crippen molar-refractivity contribution in [2.75, 3.05) is 0 Å². The molecule has 6 nitrogen and oxygen atoms in total. The van der Waals surface area contributed by atoms with Gasteiger partial charge in [0, 0.05) is 68.6 Å². The van der Waals surface area contributed by atoms with Gasteiger partial charge in [-0.25, -0.2) is 29.9 Å². The van der Waals surface area contributed by atoms with E-state index in [9.17, 15) is 0 Å². The molecule has 4 aromatic heterocycles. The van der Waals surface area contributed by atoms with Gasteiger partial charge in [0.05, 0.1) is 22.4 Å². The predicted molar refractivity (Wildman–Crippen MR) is 228 cm³/mol. The molecule has 56 heavy (non-hydrogen) atoms. The van der Waals surface area contributed by atoms with Crippen molar-refractivity contribution >= 4 is 32.6 Å². The van der Waals surface area contributed by atoms with Gasteiger partial charge in [-0.15, -0.1) is 0 Å². The maximum atomic E-state index is 5.51. The molecule has 4 heterocycles. The second-order valence-electron chi connectivity index (χ2n) is 14.1. The second kappa shape index (κ2) is 13.8. The fourth-order valence-electron chi connectivity index (χ4n) is 8.15. The number of aromatic nitrogens is 6. The summed E-state index contributed by atoms with van der Waals surface area (Å²) in [5.74, 6) is 0. The molecular formula is C50H34N6. The van der Waals surface area contributed by atoms with Crippen LogP contribution >= 0.6 is 0 Å². The van der Waals surface area contributed by atoms with Crippen molar-refractivity contribution in [1.29, 1.82) is 0 Å². The quantitative estimate of drug-likeness (QED) is 0.159. The summed E-state index contributed by atoms with van der Waals surface area (Å²) >= 11 is 0. The molecular weight excluding hydrogens is 685 g/mol. The molecule has 0 amide bonds. The Bertz CT molecular complexity index is 2870. The number of fused-ring (bicyclic) bond motifs is 5. The van der Waals surface area contributed by atoms with Gasteiger partial charge in [0.15, 0.2) is 0 Å². The van der Waals surface area contributed by atoms with Crippen LogP contribution in [0.2, 0.25) is 0 Å². The van der Waals surface area contributed by atoms with Crippen molar-refractivity contribution in [3.63, 3.8) is 0 Å². The predicted octanol–water partition coefficient (Wildman–Crippen LogP) is 12.1. The van der Waals surface area contributed by atoms with Gasteiger partial charge in [0.2, 0.25) is 0 Å². The minimum atomic E-state index is 0.938. The lowest BCUT2D eigenvalue weighted by molar-refractivity contribution is 1.17. The molecule has 0 bridgehead atoms. The third-order valence-electron chi connectivity index (χ3n) is 10.8. The van der Waals surface area contributed by atoms with Gasteiger partial charge in [0.1, 0.15) is 12.7 Å². The van der Waals surface area contributed by atoms with Crippen LogP contribution in [-0.4, -0.2) is 29.9 Å². The summed E-state index contributed by atoms with van der Waals surface area (Å²) in [6, 6.07) is 47.2. The Morgan fingerprint density at radius 3 is 1.09 bits per heavy atom. The number of hydrogen-bond donors (Lipinski definition) is 0. The Morgan fingerprint density at radius 2 is 0.679 bits per heavy atom. The van der Waals surface area contributed by atoms with Crippen LogP contribution in [0.4, 0.5) is 0 Å². The summed E-state index contributed by atoms with van der Waals surface area (Å²) in [5.41, 5.74) is 16.8. The first kappa shape index (κ1) is 33.2. The van der Waals surface area contributed by atoms with Gasteiger partial charge in [-0.1, -0.05) is 121 Å². The Morgan fingerprint density at radius 1 is 0.321 bits per heavy atom. The van der Waals surface area contributed by atoms with Gasteiger partial charge in [0.25, 0.3) is 0 Å². The molecule has 0 saturated heterocycles. The van der Waals surface area contributed by atoms with Crippen molar-refractivity contribution < 1.29 is 0 Å². The molecule has 0 saturated carbocycles. The standard InChI is InChI=1S/C50H34N6/c1-31-45(37-17-9-15-35(23-37)39-25-51-29-52-26-39)43-21-19-42-41(49(43)55-47(31)33-11-5-3-6-12-33)20-22-44-46(32(2)48(56-50(42)44)34-13-7-4-8-14-34)38-18-10-16-36(24-38)40-27-53-30-54-28-40/h3-30H,1-2H3. The van der Waals surface area contributed by atoms with E-state index < -0.39 is 0 Å². The number of pyridine rings is 2. The van der Waals surface area contributed by atoms with Crippen LogP contribution in [-0.2, 0) is 0 Å². The van der Waals surface area contributed by atoms with Crippen molar-refractivity contribution in [3.8, 4) is 67.0 Å². The largest absolute Gasteiger partial charge is 0.247 e. The summed E-state index contributed by atoms with van der Waals surface area (Å²) in [7, 11) is 0. The summed E-state index contributed by atoms with van der Waals surface area (Å²) in [5, 5.41) is 4.28. The Labute approximate surface area is 324 Å². The van der Waals surface area contributed by atoms with Crippen molar-refractivity contribution in [2.24, 2.45) is 0 Å². The number of benzene rings is 6. The first-order valence-electron chi connectivity index (χ1n) is 18.7. The lowest BCUT2D eigenvalue weighted by atomic mass is 9.88. The fraction of sp³-hybridized carbons (Fsp3) is 0.0400. The summed E-state index contributed by atoms with van der Waals surface area (Å²) in [6.45, 7) is 4.37. The maximum Gasteiger partial charge on any atom is 0.115 e. The number of hydrogen-bond acceptors (Lipinski definition) is 6. The topological polar surface area (TPSA) is 77.3 Å². The lowest BCUT2D eigenvalue weighted by Gasteiger charge is -2.19. The summed E-state index contributed by atoms with van der Waals surface area (Å²) in [6.07, 6.45) is 10.6. The van der Waals surface area contributed by atoms with E-state index in [0.717, 1.165) is 111 Å². The fourth-order valence-corrected chi connectivity index (χ4v) is 8.15. The zero-order chi connectivity index (χ0) is 37.6. The van der Waals surface area contributed by atoms with Gasteiger partial charge in [-0.3, -0.25) is 0 Å². The van der Waals surface area contributed by atoms with E-state index in [1.54, 1.807) is 12.7 Å². The monoisotopic (exact) mass is 718 g/mol. The van der Waals surface area contributed by atoms with Crippen LogP contribution in [0.5, 0.6) is 0 Å². The van der Waals surface area contributed by atoms with Crippen molar-refractivity contribution in [1.82, 2.24) is 29.9 Å². The molecule has 264 valence electrons. The van der Waals surface area contributed by atoms with Gasteiger partial charge >= 0.3 is 0 Å². The molecule has 10 rings (SSSR count). The summed E-state index contributed by atoms with van der Waals surface area (Å²) in [4.78, 5) is 28.2. The summed E-state index contributed by atoms with van der Waals surface area (Å²) < 4.78 is 0. The smallest absolute Gasteiger partial charge is 0.115 e. The van der Waals surface area contributed by atoms with E-state index in [4.69, 9.17) is 9.97 Å². The van der Waals surface area contributed by atoms with Crippen molar-refractivity contribution in [3.05, 3.63) is 182 Å². The van der Waals surface area contributed by atoms with Gasteiger partial charge < -0.3 is 0 Å². The number of nitrogens with zero attached hydrogens (tertiary/aromatic N) is 6. The van der Waals surface area contributed by atoms with E-state index in [1.165, 1.54) is 0 Å². The molecule has 6 heteroatoms. The minimum absolute atomic E-state index is 0.938. The van der Waals surface area contributed by atoms with E-state index in [-0.39, 0.29) is 0 Å². The number of rotatable bonds is 6. The zero-order valence-electron chi connectivity index (χ0n) is 30.8. The molecule has 0 aliphatic carbocycles. The Hall–Kier alpha value is -7.44. The van der Waals surface area contributed by atoms with Crippen LogP contribution in [0.1, 0.15) is 11.1 Å². The van der Waals surface area contributed by atoms with E-state index in [2.05, 4.69) is 155 Å². The minimum Gasteiger partial charge on any atom is -0.247 e. The van der Waals surface area contributed by atoms with Gasteiger partial charge in [-0.2, -0.15) is 0 Å². The van der Waals surface area contributed by atoms with E-state index in [1.807, 2.05) is 36.9 Å². The van der Waals surface area contributed by atoms with Crippen LogP contribution in [0.15, 0.2) is 171 Å². The molecule has 6 aromatic carbocycles. The average molecular weight is 719 g/mol. The van der Waals surface area contributed by atoms with E-state index >= 15 is 0 Å².